The molecule has 0 spiro atoms. The SMILES string of the molecule is Cn1nc2c(c1CNc1nnc(C3Cc4ccccc4O3)o1)CCC2. The van der Waals surface area contributed by atoms with Crippen LogP contribution in [-0.2, 0) is 32.9 Å². The Morgan fingerprint density at radius 1 is 1.24 bits per heavy atom. The maximum atomic E-state index is 5.90. The third-order valence-electron chi connectivity index (χ3n) is 4.97. The molecule has 25 heavy (non-hydrogen) atoms. The molecule has 5 rings (SSSR count). The smallest absolute Gasteiger partial charge is 0.315 e. The Kier molecular flexibility index (Phi) is 3.26. The summed E-state index contributed by atoms with van der Waals surface area (Å²) in [6.07, 6.45) is 3.92. The molecule has 0 amide bonds. The number of ether oxygens (including phenoxy) is 1. The van der Waals surface area contributed by atoms with E-state index in [0.717, 1.165) is 25.0 Å². The number of para-hydroxylation sites is 1. The average Bonchev–Trinajstić information content (AvgIpc) is 3.36. The molecule has 128 valence electrons. The molecule has 7 nitrogen and oxygen atoms in total. The minimum Gasteiger partial charge on any atom is -0.480 e. The van der Waals surface area contributed by atoms with Crippen LogP contribution in [0.5, 0.6) is 5.75 Å². The third-order valence-corrected chi connectivity index (χ3v) is 4.97. The van der Waals surface area contributed by atoms with Crippen molar-refractivity contribution in [2.75, 3.05) is 5.32 Å². The quantitative estimate of drug-likeness (QED) is 0.788. The third kappa shape index (κ3) is 2.47. The molecule has 2 aliphatic rings. The van der Waals surface area contributed by atoms with Gasteiger partial charge in [0.05, 0.1) is 17.9 Å². The van der Waals surface area contributed by atoms with E-state index >= 15 is 0 Å². The van der Waals surface area contributed by atoms with E-state index in [-0.39, 0.29) is 6.10 Å². The number of hydrogen-bond donors (Lipinski definition) is 1. The Morgan fingerprint density at radius 2 is 2.16 bits per heavy atom. The molecule has 0 saturated heterocycles. The van der Waals surface area contributed by atoms with Crippen molar-refractivity contribution in [2.45, 2.75) is 38.3 Å². The predicted octanol–water partition coefficient (Wildman–Crippen LogP) is 2.58. The lowest BCUT2D eigenvalue weighted by Crippen LogP contribution is -2.08. The molecule has 1 N–H and O–H groups in total. The van der Waals surface area contributed by atoms with Crippen molar-refractivity contribution in [1.82, 2.24) is 20.0 Å². The van der Waals surface area contributed by atoms with Gasteiger partial charge in [-0.1, -0.05) is 23.3 Å². The number of benzene rings is 1. The standard InChI is InChI=1S/C18H19N5O2/c1-23-14(12-6-4-7-13(12)22-23)10-19-18-21-20-17(25-18)16-9-11-5-2-3-8-15(11)24-16/h2-3,5,8,16H,4,6-7,9-10H2,1H3,(H,19,21). The fourth-order valence-electron chi connectivity index (χ4n) is 3.72. The van der Waals surface area contributed by atoms with Gasteiger partial charge in [0, 0.05) is 13.5 Å². The molecule has 0 fully saturated rings. The van der Waals surface area contributed by atoms with E-state index < -0.39 is 0 Å². The zero-order chi connectivity index (χ0) is 16.8. The molecular formula is C18H19N5O2. The summed E-state index contributed by atoms with van der Waals surface area (Å²) in [5.74, 6) is 1.40. The number of nitrogens with one attached hydrogen (secondary N) is 1. The summed E-state index contributed by atoms with van der Waals surface area (Å²) in [4.78, 5) is 0. The van der Waals surface area contributed by atoms with Gasteiger partial charge in [-0.15, -0.1) is 5.10 Å². The van der Waals surface area contributed by atoms with Crippen LogP contribution >= 0.6 is 0 Å². The van der Waals surface area contributed by atoms with E-state index in [1.165, 1.54) is 28.9 Å². The van der Waals surface area contributed by atoms with Gasteiger partial charge < -0.3 is 14.5 Å². The highest BCUT2D eigenvalue weighted by atomic mass is 16.5. The van der Waals surface area contributed by atoms with Gasteiger partial charge in [-0.3, -0.25) is 4.68 Å². The van der Waals surface area contributed by atoms with E-state index in [9.17, 15) is 0 Å². The summed E-state index contributed by atoms with van der Waals surface area (Å²) in [6.45, 7) is 0.631. The lowest BCUT2D eigenvalue weighted by atomic mass is 10.1. The first kappa shape index (κ1) is 14.5. The van der Waals surface area contributed by atoms with Gasteiger partial charge in [-0.2, -0.15) is 5.10 Å². The highest BCUT2D eigenvalue weighted by molar-refractivity contribution is 5.38. The van der Waals surface area contributed by atoms with E-state index in [2.05, 4.69) is 26.7 Å². The number of rotatable bonds is 4. The first-order valence-electron chi connectivity index (χ1n) is 8.63. The molecule has 3 heterocycles. The molecule has 1 unspecified atom stereocenters. The van der Waals surface area contributed by atoms with Crippen LogP contribution in [0, 0.1) is 0 Å². The van der Waals surface area contributed by atoms with Crippen LogP contribution in [0.15, 0.2) is 28.7 Å². The van der Waals surface area contributed by atoms with Crippen molar-refractivity contribution < 1.29 is 9.15 Å². The number of hydrogen-bond acceptors (Lipinski definition) is 6. The normalized spacial score (nSPS) is 18.0. The first-order chi connectivity index (χ1) is 12.3. The van der Waals surface area contributed by atoms with Gasteiger partial charge in [-0.05, 0) is 36.5 Å². The largest absolute Gasteiger partial charge is 0.480 e. The summed E-state index contributed by atoms with van der Waals surface area (Å²) in [7, 11) is 1.98. The molecule has 1 aromatic carbocycles. The average molecular weight is 337 g/mol. The van der Waals surface area contributed by atoms with E-state index in [1.54, 1.807) is 0 Å². The summed E-state index contributed by atoms with van der Waals surface area (Å²) in [5, 5.41) is 16.1. The second-order valence-electron chi connectivity index (χ2n) is 6.57. The zero-order valence-electron chi connectivity index (χ0n) is 14.0. The van der Waals surface area contributed by atoms with Crippen molar-refractivity contribution in [3.8, 4) is 5.75 Å². The van der Waals surface area contributed by atoms with Gasteiger partial charge in [-0.25, -0.2) is 0 Å². The second kappa shape index (κ2) is 5.61. The Bertz CT molecular complexity index is 904. The highest BCUT2D eigenvalue weighted by Crippen LogP contribution is 2.36. The van der Waals surface area contributed by atoms with E-state index in [4.69, 9.17) is 9.15 Å². The van der Waals surface area contributed by atoms with Crippen molar-refractivity contribution in [1.29, 1.82) is 0 Å². The van der Waals surface area contributed by atoms with Gasteiger partial charge in [0.2, 0.25) is 0 Å². The van der Waals surface area contributed by atoms with Crippen LogP contribution in [0.25, 0.3) is 0 Å². The number of anilines is 1. The maximum Gasteiger partial charge on any atom is 0.315 e. The molecule has 0 bridgehead atoms. The minimum atomic E-state index is -0.207. The molecule has 2 aromatic heterocycles. The highest BCUT2D eigenvalue weighted by Gasteiger charge is 2.29. The molecule has 3 aromatic rings. The van der Waals surface area contributed by atoms with Crippen LogP contribution in [0.1, 0.15) is 40.9 Å². The topological polar surface area (TPSA) is 78.0 Å². The van der Waals surface area contributed by atoms with Crippen LogP contribution in [-0.4, -0.2) is 20.0 Å². The molecular weight excluding hydrogens is 318 g/mol. The number of aromatic nitrogens is 4. The van der Waals surface area contributed by atoms with Crippen molar-refractivity contribution in [2.24, 2.45) is 7.05 Å². The van der Waals surface area contributed by atoms with E-state index in [0.29, 0.717) is 18.5 Å². The van der Waals surface area contributed by atoms with Crippen LogP contribution < -0.4 is 10.1 Å². The van der Waals surface area contributed by atoms with E-state index in [1.807, 2.05) is 29.9 Å². The van der Waals surface area contributed by atoms with Crippen LogP contribution in [0.2, 0.25) is 0 Å². The summed E-state index contributed by atoms with van der Waals surface area (Å²) in [6, 6.07) is 8.43. The van der Waals surface area contributed by atoms with Crippen LogP contribution in [0.4, 0.5) is 6.01 Å². The maximum absolute atomic E-state index is 5.90. The second-order valence-corrected chi connectivity index (χ2v) is 6.57. The zero-order valence-corrected chi connectivity index (χ0v) is 14.0. The Morgan fingerprint density at radius 3 is 3.08 bits per heavy atom. The summed E-state index contributed by atoms with van der Waals surface area (Å²) >= 11 is 0. The van der Waals surface area contributed by atoms with Crippen molar-refractivity contribution >= 4 is 6.01 Å². The summed E-state index contributed by atoms with van der Waals surface area (Å²) in [5.41, 5.74) is 4.95. The fourth-order valence-corrected chi connectivity index (χ4v) is 3.72. The number of nitrogens with zero attached hydrogens (tertiary/aromatic N) is 4. The molecule has 0 radical (unpaired) electrons. The number of fused-ring (bicyclic) bond motifs is 2. The Hall–Kier alpha value is -2.83. The summed E-state index contributed by atoms with van der Waals surface area (Å²) < 4.78 is 13.6. The van der Waals surface area contributed by atoms with Gasteiger partial charge in [0.15, 0.2) is 6.10 Å². The van der Waals surface area contributed by atoms with Crippen molar-refractivity contribution in [3.63, 3.8) is 0 Å². The molecule has 1 aliphatic carbocycles. The fraction of sp³-hybridized carbons (Fsp3) is 0.389. The predicted molar refractivity (Wildman–Crippen MR) is 90.4 cm³/mol. The van der Waals surface area contributed by atoms with Gasteiger partial charge in [0.25, 0.3) is 5.89 Å². The van der Waals surface area contributed by atoms with Gasteiger partial charge >= 0.3 is 6.01 Å². The minimum absolute atomic E-state index is 0.207. The Labute approximate surface area is 145 Å². The molecule has 1 aliphatic heterocycles. The first-order valence-corrected chi connectivity index (χ1v) is 8.63. The lowest BCUT2D eigenvalue weighted by Gasteiger charge is -2.06. The van der Waals surface area contributed by atoms with Crippen LogP contribution in [0.3, 0.4) is 0 Å². The Balaban J connectivity index is 1.28. The molecule has 0 saturated carbocycles. The van der Waals surface area contributed by atoms with Gasteiger partial charge in [0.1, 0.15) is 5.75 Å². The monoisotopic (exact) mass is 337 g/mol. The van der Waals surface area contributed by atoms with Crippen molar-refractivity contribution in [3.05, 3.63) is 52.7 Å². The molecule has 7 heteroatoms. The number of aryl methyl sites for hydroxylation is 2. The lowest BCUT2D eigenvalue weighted by molar-refractivity contribution is 0.199. The molecule has 1 atom stereocenters.